The number of aromatic nitrogens is 1. The van der Waals surface area contributed by atoms with E-state index >= 15 is 0 Å². The molecule has 0 atom stereocenters. The lowest BCUT2D eigenvalue weighted by Crippen LogP contribution is -2.12. The SMILES string of the molecule is CC(C)(C)c1cc2c3c(c1)c1ccccc1n3-c1ccc(-c3ccc(N(c4ccc(-c5ccccc5)cc4)c4ccc(-c5ccccc5)cc4)cc3)cc1O2. The van der Waals surface area contributed by atoms with Gasteiger partial charge in [-0.15, -0.1) is 0 Å². The number of anilines is 3. The van der Waals surface area contributed by atoms with Gasteiger partial charge in [-0.3, -0.25) is 0 Å². The lowest BCUT2D eigenvalue weighted by atomic mass is 9.86. The third-order valence-electron chi connectivity index (χ3n) is 10.9. The zero-order valence-corrected chi connectivity index (χ0v) is 31.2. The van der Waals surface area contributed by atoms with Crippen molar-refractivity contribution in [1.82, 2.24) is 4.57 Å². The van der Waals surface area contributed by atoms with E-state index in [0.29, 0.717) is 0 Å². The molecule has 10 rings (SSSR count). The normalized spacial score (nSPS) is 12.1. The van der Waals surface area contributed by atoms with Crippen LogP contribution in [-0.4, -0.2) is 4.57 Å². The van der Waals surface area contributed by atoms with E-state index in [4.69, 9.17) is 4.74 Å². The Balaban J connectivity index is 1.03. The summed E-state index contributed by atoms with van der Waals surface area (Å²) >= 11 is 0. The molecule has 1 aliphatic rings. The summed E-state index contributed by atoms with van der Waals surface area (Å²) in [7, 11) is 0. The fraction of sp³-hybridized carbons (Fsp3) is 0.0769. The maximum atomic E-state index is 6.81. The maximum Gasteiger partial charge on any atom is 0.152 e. The lowest BCUT2D eigenvalue weighted by molar-refractivity contribution is 0.473. The number of fused-ring (bicyclic) bond motifs is 5. The third-order valence-corrected chi connectivity index (χ3v) is 10.9. The summed E-state index contributed by atoms with van der Waals surface area (Å²) in [6, 6.07) is 67.6. The minimum atomic E-state index is -0.0110. The van der Waals surface area contributed by atoms with Crippen LogP contribution in [0.15, 0.2) is 188 Å². The molecule has 0 saturated heterocycles. The van der Waals surface area contributed by atoms with Crippen molar-refractivity contribution in [3.05, 3.63) is 194 Å². The zero-order valence-electron chi connectivity index (χ0n) is 31.2. The Labute approximate surface area is 322 Å². The van der Waals surface area contributed by atoms with Gasteiger partial charge in [-0.05, 0) is 111 Å². The van der Waals surface area contributed by atoms with E-state index in [-0.39, 0.29) is 5.41 Å². The molecule has 0 unspecified atom stereocenters. The summed E-state index contributed by atoms with van der Waals surface area (Å²) in [6.07, 6.45) is 0. The molecule has 8 aromatic carbocycles. The van der Waals surface area contributed by atoms with Crippen molar-refractivity contribution in [1.29, 1.82) is 0 Å². The van der Waals surface area contributed by atoms with Gasteiger partial charge in [0.15, 0.2) is 11.5 Å². The summed E-state index contributed by atoms with van der Waals surface area (Å²) in [5, 5.41) is 2.48. The molecule has 0 bridgehead atoms. The highest BCUT2D eigenvalue weighted by atomic mass is 16.5. The second kappa shape index (κ2) is 12.9. The van der Waals surface area contributed by atoms with Crippen molar-refractivity contribution in [2.45, 2.75) is 26.2 Å². The van der Waals surface area contributed by atoms with Gasteiger partial charge in [0.05, 0.1) is 16.7 Å². The van der Waals surface area contributed by atoms with E-state index in [0.717, 1.165) is 50.9 Å². The monoisotopic (exact) mass is 708 g/mol. The molecule has 0 amide bonds. The van der Waals surface area contributed by atoms with Crippen LogP contribution in [0.2, 0.25) is 0 Å². The number of para-hydroxylation sites is 1. The van der Waals surface area contributed by atoms with Crippen LogP contribution in [0.1, 0.15) is 26.3 Å². The van der Waals surface area contributed by atoms with Crippen molar-refractivity contribution in [3.8, 4) is 50.6 Å². The maximum absolute atomic E-state index is 6.81. The molecule has 1 aromatic heterocycles. The van der Waals surface area contributed by atoms with E-state index < -0.39 is 0 Å². The Morgan fingerprint density at radius 3 is 1.44 bits per heavy atom. The highest BCUT2D eigenvalue weighted by Gasteiger charge is 2.27. The van der Waals surface area contributed by atoms with Gasteiger partial charge in [0.25, 0.3) is 0 Å². The number of hydrogen-bond donors (Lipinski definition) is 0. The van der Waals surface area contributed by atoms with Crippen molar-refractivity contribution in [3.63, 3.8) is 0 Å². The molecular formula is C52H40N2O. The largest absolute Gasteiger partial charge is 0.453 e. The van der Waals surface area contributed by atoms with Crippen molar-refractivity contribution >= 4 is 38.9 Å². The smallest absolute Gasteiger partial charge is 0.152 e. The van der Waals surface area contributed by atoms with Crippen LogP contribution in [0.25, 0.3) is 60.9 Å². The van der Waals surface area contributed by atoms with E-state index in [1.54, 1.807) is 0 Å². The molecule has 3 nitrogen and oxygen atoms in total. The molecule has 0 fully saturated rings. The van der Waals surface area contributed by atoms with E-state index in [1.807, 2.05) is 0 Å². The molecule has 2 heterocycles. The van der Waals surface area contributed by atoms with E-state index in [1.165, 1.54) is 44.1 Å². The van der Waals surface area contributed by atoms with Crippen LogP contribution in [0, 0.1) is 0 Å². The van der Waals surface area contributed by atoms with E-state index in [2.05, 4.69) is 218 Å². The van der Waals surface area contributed by atoms with Gasteiger partial charge in [-0.2, -0.15) is 0 Å². The number of nitrogens with zero attached hydrogens (tertiary/aromatic N) is 2. The number of benzene rings is 8. The molecule has 0 aliphatic carbocycles. The standard InChI is InChI=1S/C52H40N2O/c1-52(2,3)41-33-46-45-16-10-11-17-47(45)54-48-31-24-40(32-49(48)55-50(34-41)51(46)54)39-22-29-44(30-23-39)53(42-25-18-37(19-26-42)35-12-6-4-7-13-35)43-27-20-38(21-28-43)36-14-8-5-9-15-36/h4-34H,1-3H3. The number of hydrogen-bond acceptors (Lipinski definition) is 2. The average Bonchev–Trinajstić information content (AvgIpc) is 3.57. The first kappa shape index (κ1) is 32.8. The first-order valence-electron chi connectivity index (χ1n) is 19.0. The van der Waals surface area contributed by atoms with Crippen molar-refractivity contribution < 1.29 is 4.74 Å². The quantitative estimate of drug-likeness (QED) is 0.171. The molecule has 0 radical (unpaired) electrons. The van der Waals surface area contributed by atoms with Crippen molar-refractivity contribution in [2.75, 3.05) is 4.90 Å². The van der Waals surface area contributed by atoms with Gasteiger partial charge in [0, 0.05) is 27.8 Å². The summed E-state index contributed by atoms with van der Waals surface area (Å²) in [6.45, 7) is 6.79. The predicted molar refractivity (Wildman–Crippen MR) is 231 cm³/mol. The Kier molecular flexibility index (Phi) is 7.71. The zero-order chi connectivity index (χ0) is 37.1. The first-order valence-corrected chi connectivity index (χ1v) is 19.0. The fourth-order valence-corrected chi connectivity index (χ4v) is 8.02. The summed E-state index contributed by atoms with van der Waals surface area (Å²) in [4.78, 5) is 2.33. The Bertz CT molecular complexity index is 2750. The van der Waals surface area contributed by atoms with Gasteiger partial charge in [-0.1, -0.05) is 142 Å². The molecule has 0 saturated carbocycles. The molecule has 1 aliphatic heterocycles. The van der Waals surface area contributed by atoms with Gasteiger partial charge in [0.1, 0.15) is 0 Å². The first-order chi connectivity index (χ1) is 26.9. The minimum absolute atomic E-state index is 0.0110. The minimum Gasteiger partial charge on any atom is -0.453 e. The Morgan fingerprint density at radius 1 is 0.418 bits per heavy atom. The molecular weight excluding hydrogens is 669 g/mol. The summed E-state index contributed by atoms with van der Waals surface area (Å²) in [5.74, 6) is 1.77. The van der Waals surface area contributed by atoms with Crippen molar-refractivity contribution in [2.24, 2.45) is 0 Å². The van der Waals surface area contributed by atoms with Gasteiger partial charge < -0.3 is 14.2 Å². The molecule has 264 valence electrons. The average molecular weight is 709 g/mol. The Hall–Kier alpha value is -6.84. The molecule has 9 aromatic rings. The third kappa shape index (κ3) is 5.77. The fourth-order valence-electron chi connectivity index (χ4n) is 8.02. The lowest BCUT2D eigenvalue weighted by Gasteiger charge is -2.26. The van der Waals surface area contributed by atoms with Gasteiger partial charge in [-0.25, -0.2) is 0 Å². The van der Waals surface area contributed by atoms with Crippen LogP contribution < -0.4 is 9.64 Å². The van der Waals surface area contributed by atoms with Crippen LogP contribution in [-0.2, 0) is 5.41 Å². The van der Waals surface area contributed by atoms with Crippen LogP contribution >= 0.6 is 0 Å². The molecule has 55 heavy (non-hydrogen) atoms. The molecule has 0 N–H and O–H groups in total. The highest BCUT2D eigenvalue weighted by Crippen LogP contribution is 2.48. The topological polar surface area (TPSA) is 17.4 Å². The predicted octanol–water partition coefficient (Wildman–Crippen LogP) is 14.7. The van der Waals surface area contributed by atoms with Gasteiger partial charge >= 0.3 is 0 Å². The number of rotatable bonds is 6. The Morgan fingerprint density at radius 2 is 0.891 bits per heavy atom. The molecule has 0 spiro atoms. The van der Waals surface area contributed by atoms with Crippen LogP contribution in [0.3, 0.4) is 0 Å². The summed E-state index contributed by atoms with van der Waals surface area (Å²) < 4.78 is 9.19. The second-order valence-corrected chi connectivity index (χ2v) is 15.5. The highest BCUT2D eigenvalue weighted by molar-refractivity contribution is 6.12. The van der Waals surface area contributed by atoms with Crippen LogP contribution in [0.5, 0.6) is 11.5 Å². The number of ether oxygens (including phenoxy) is 1. The molecule has 3 heteroatoms. The van der Waals surface area contributed by atoms with E-state index in [9.17, 15) is 0 Å². The second-order valence-electron chi connectivity index (χ2n) is 15.5. The van der Waals surface area contributed by atoms with Crippen LogP contribution in [0.4, 0.5) is 17.1 Å². The summed E-state index contributed by atoms with van der Waals surface area (Å²) in [5.41, 5.74) is 15.0. The van der Waals surface area contributed by atoms with Gasteiger partial charge in [0.2, 0.25) is 0 Å².